The highest BCUT2D eigenvalue weighted by atomic mass is 16.7. The fraction of sp³-hybridized carbons (Fsp3) is 1.00. The standard InChI is InChI=1S/C10H23NO3/c1-6-7-11-8(2)13-9(3)14-10(4,5)12/h8-9,11-12H,6-7H2,1-5H3. The summed E-state index contributed by atoms with van der Waals surface area (Å²) in [6, 6.07) is 0. The molecule has 0 spiro atoms. The summed E-state index contributed by atoms with van der Waals surface area (Å²) in [7, 11) is 0. The summed E-state index contributed by atoms with van der Waals surface area (Å²) < 4.78 is 10.6. The average molecular weight is 205 g/mol. The fourth-order valence-corrected chi connectivity index (χ4v) is 1.12. The van der Waals surface area contributed by atoms with Crippen molar-refractivity contribution >= 4 is 0 Å². The summed E-state index contributed by atoms with van der Waals surface area (Å²) in [5.74, 6) is -1.15. The maximum atomic E-state index is 9.35. The minimum Gasteiger partial charge on any atom is -0.366 e. The van der Waals surface area contributed by atoms with E-state index in [1.54, 1.807) is 20.8 Å². The van der Waals surface area contributed by atoms with Crippen molar-refractivity contribution in [3.8, 4) is 0 Å². The highest BCUT2D eigenvalue weighted by Gasteiger charge is 2.18. The van der Waals surface area contributed by atoms with Crippen LogP contribution in [0, 0.1) is 0 Å². The molecule has 0 saturated carbocycles. The molecule has 0 aromatic heterocycles. The molecule has 2 unspecified atom stereocenters. The molecular formula is C10H23NO3. The molecule has 0 amide bonds. The third-order valence-electron chi connectivity index (χ3n) is 1.53. The lowest BCUT2D eigenvalue weighted by molar-refractivity contribution is -0.279. The van der Waals surface area contributed by atoms with Crippen LogP contribution in [0.1, 0.15) is 41.0 Å². The van der Waals surface area contributed by atoms with E-state index in [9.17, 15) is 5.11 Å². The van der Waals surface area contributed by atoms with Crippen LogP contribution in [0.15, 0.2) is 0 Å². The van der Waals surface area contributed by atoms with Crippen LogP contribution in [0.4, 0.5) is 0 Å². The van der Waals surface area contributed by atoms with Gasteiger partial charge in [-0.25, -0.2) is 0 Å². The Bertz CT molecular complexity index is 145. The third-order valence-corrected chi connectivity index (χ3v) is 1.53. The number of hydrogen-bond acceptors (Lipinski definition) is 4. The van der Waals surface area contributed by atoms with Gasteiger partial charge >= 0.3 is 0 Å². The Balaban J connectivity index is 3.65. The van der Waals surface area contributed by atoms with Crippen LogP contribution in [0.5, 0.6) is 0 Å². The number of nitrogens with one attached hydrogen (secondary N) is 1. The smallest absolute Gasteiger partial charge is 0.162 e. The van der Waals surface area contributed by atoms with Crippen molar-refractivity contribution in [2.24, 2.45) is 0 Å². The minimum atomic E-state index is -1.15. The van der Waals surface area contributed by atoms with Gasteiger partial charge in [-0.3, -0.25) is 5.32 Å². The van der Waals surface area contributed by atoms with E-state index in [4.69, 9.17) is 9.47 Å². The highest BCUT2D eigenvalue weighted by molar-refractivity contribution is 4.52. The van der Waals surface area contributed by atoms with Gasteiger partial charge in [-0.2, -0.15) is 0 Å². The molecule has 0 aromatic carbocycles. The monoisotopic (exact) mass is 205 g/mol. The van der Waals surface area contributed by atoms with Gasteiger partial charge in [-0.1, -0.05) is 6.92 Å². The van der Waals surface area contributed by atoms with Crippen LogP contribution >= 0.6 is 0 Å². The largest absolute Gasteiger partial charge is 0.366 e. The molecule has 2 N–H and O–H groups in total. The molecule has 0 rings (SSSR count). The van der Waals surface area contributed by atoms with E-state index >= 15 is 0 Å². The molecule has 0 radical (unpaired) electrons. The first-order valence-corrected chi connectivity index (χ1v) is 5.14. The van der Waals surface area contributed by atoms with E-state index in [1.165, 1.54) is 0 Å². The molecule has 86 valence electrons. The average Bonchev–Trinajstić information content (AvgIpc) is 1.96. The van der Waals surface area contributed by atoms with Gasteiger partial charge in [0.25, 0.3) is 0 Å². The van der Waals surface area contributed by atoms with Crippen molar-refractivity contribution in [3.05, 3.63) is 0 Å². The van der Waals surface area contributed by atoms with Gasteiger partial charge in [0.15, 0.2) is 12.1 Å². The molecule has 0 aromatic rings. The Morgan fingerprint density at radius 2 is 1.93 bits per heavy atom. The first kappa shape index (κ1) is 13.8. The van der Waals surface area contributed by atoms with E-state index in [1.807, 2.05) is 6.92 Å². The van der Waals surface area contributed by atoms with Crippen LogP contribution in [-0.2, 0) is 9.47 Å². The molecule has 0 fully saturated rings. The highest BCUT2D eigenvalue weighted by Crippen LogP contribution is 2.09. The Morgan fingerprint density at radius 3 is 2.36 bits per heavy atom. The van der Waals surface area contributed by atoms with E-state index in [-0.39, 0.29) is 6.23 Å². The fourth-order valence-electron chi connectivity index (χ4n) is 1.12. The van der Waals surface area contributed by atoms with E-state index in [2.05, 4.69) is 12.2 Å². The maximum Gasteiger partial charge on any atom is 0.162 e. The van der Waals surface area contributed by atoms with E-state index in [0.29, 0.717) is 0 Å². The van der Waals surface area contributed by atoms with Gasteiger partial charge in [-0.15, -0.1) is 0 Å². The molecule has 0 saturated heterocycles. The zero-order valence-electron chi connectivity index (χ0n) is 9.83. The van der Waals surface area contributed by atoms with Gasteiger partial charge < -0.3 is 14.6 Å². The Kier molecular flexibility index (Phi) is 6.27. The molecule has 0 aliphatic carbocycles. The molecule has 0 bridgehead atoms. The minimum absolute atomic E-state index is 0.0627. The summed E-state index contributed by atoms with van der Waals surface area (Å²) in [6.07, 6.45) is 0.579. The van der Waals surface area contributed by atoms with Crippen LogP contribution in [0.3, 0.4) is 0 Å². The number of aliphatic hydroxyl groups is 1. The predicted molar refractivity (Wildman–Crippen MR) is 55.7 cm³/mol. The molecule has 4 nitrogen and oxygen atoms in total. The number of rotatable bonds is 7. The van der Waals surface area contributed by atoms with Gasteiger partial charge in [0.05, 0.1) is 0 Å². The second-order valence-electron chi connectivity index (χ2n) is 3.86. The quantitative estimate of drug-likeness (QED) is 0.617. The first-order valence-electron chi connectivity index (χ1n) is 5.14. The van der Waals surface area contributed by atoms with Crippen molar-refractivity contribution < 1.29 is 14.6 Å². The molecule has 14 heavy (non-hydrogen) atoms. The van der Waals surface area contributed by atoms with Crippen molar-refractivity contribution in [1.29, 1.82) is 0 Å². The van der Waals surface area contributed by atoms with E-state index < -0.39 is 12.1 Å². The zero-order valence-corrected chi connectivity index (χ0v) is 9.83. The van der Waals surface area contributed by atoms with Crippen molar-refractivity contribution in [2.45, 2.75) is 59.3 Å². The maximum absolute atomic E-state index is 9.35. The summed E-state index contributed by atoms with van der Waals surface area (Å²) in [5.41, 5.74) is 0. The number of ether oxygens (including phenoxy) is 2. The first-order chi connectivity index (χ1) is 6.35. The zero-order chi connectivity index (χ0) is 11.2. The summed E-state index contributed by atoms with van der Waals surface area (Å²) in [6.45, 7) is 9.85. The summed E-state index contributed by atoms with van der Waals surface area (Å²) >= 11 is 0. The van der Waals surface area contributed by atoms with Gasteiger partial charge in [-0.05, 0) is 40.7 Å². The van der Waals surface area contributed by atoms with Gasteiger partial charge in [0.1, 0.15) is 6.23 Å². The normalized spacial score (nSPS) is 16.7. The van der Waals surface area contributed by atoms with Crippen LogP contribution in [0.2, 0.25) is 0 Å². The predicted octanol–water partition coefficient (Wildman–Crippen LogP) is 1.44. The van der Waals surface area contributed by atoms with Gasteiger partial charge in [0, 0.05) is 0 Å². The number of hydrogen-bond donors (Lipinski definition) is 2. The molecule has 4 heteroatoms. The Morgan fingerprint density at radius 1 is 1.36 bits per heavy atom. The van der Waals surface area contributed by atoms with Crippen LogP contribution < -0.4 is 5.32 Å². The van der Waals surface area contributed by atoms with E-state index in [0.717, 1.165) is 13.0 Å². The third kappa shape index (κ3) is 8.44. The second-order valence-corrected chi connectivity index (χ2v) is 3.86. The molecule has 0 aliphatic heterocycles. The Labute approximate surface area is 86.6 Å². The second kappa shape index (κ2) is 6.35. The molecule has 2 atom stereocenters. The lowest BCUT2D eigenvalue weighted by Gasteiger charge is -2.26. The molecule has 0 heterocycles. The van der Waals surface area contributed by atoms with Gasteiger partial charge in [0.2, 0.25) is 0 Å². The topological polar surface area (TPSA) is 50.7 Å². The summed E-state index contributed by atoms with van der Waals surface area (Å²) in [4.78, 5) is 0. The lowest BCUT2D eigenvalue weighted by atomic mass is 10.4. The SMILES string of the molecule is CCCNC(C)OC(C)OC(C)(C)O. The Hall–Kier alpha value is -0.160. The molecule has 0 aliphatic rings. The van der Waals surface area contributed by atoms with Crippen LogP contribution in [0.25, 0.3) is 0 Å². The summed E-state index contributed by atoms with van der Waals surface area (Å²) in [5, 5.41) is 12.5. The lowest BCUT2D eigenvalue weighted by Crippen LogP contribution is -2.37. The van der Waals surface area contributed by atoms with Crippen LogP contribution in [-0.4, -0.2) is 30.0 Å². The van der Waals surface area contributed by atoms with Crippen molar-refractivity contribution in [2.75, 3.05) is 6.54 Å². The van der Waals surface area contributed by atoms with Crippen molar-refractivity contribution in [1.82, 2.24) is 5.32 Å². The molecular weight excluding hydrogens is 182 g/mol. The van der Waals surface area contributed by atoms with Crippen molar-refractivity contribution in [3.63, 3.8) is 0 Å².